The van der Waals surface area contributed by atoms with E-state index in [-0.39, 0.29) is 24.3 Å². The second-order valence-corrected chi connectivity index (χ2v) is 5.77. The molecule has 0 aliphatic rings. The number of quaternary nitrogens is 1. The van der Waals surface area contributed by atoms with E-state index >= 15 is 0 Å². The molecule has 10 heteroatoms. The Bertz CT molecular complexity index is 705. The Morgan fingerprint density at radius 1 is 1.17 bits per heavy atom. The first-order chi connectivity index (χ1) is 10.8. The Labute approximate surface area is 142 Å². The number of benzene rings is 1. The zero-order chi connectivity index (χ0) is 17.0. The molecule has 1 amide bonds. The molecule has 0 spiro atoms. The lowest BCUT2D eigenvalue weighted by atomic mass is 10.3. The fraction of sp³-hybridized carbons (Fsp3) is 0.231. The van der Waals surface area contributed by atoms with Gasteiger partial charge in [0.15, 0.2) is 12.4 Å². The summed E-state index contributed by atoms with van der Waals surface area (Å²) < 4.78 is 0. The Morgan fingerprint density at radius 2 is 1.83 bits per heavy atom. The monoisotopic (exact) mass is 356 g/mol. The van der Waals surface area contributed by atoms with E-state index in [4.69, 9.17) is 34.7 Å². The molecule has 122 valence electrons. The zero-order valence-electron chi connectivity index (χ0n) is 12.3. The summed E-state index contributed by atoms with van der Waals surface area (Å²) in [6.07, 6.45) is 0. The smallest absolute Gasteiger partial charge is 0.279 e. The van der Waals surface area contributed by atoms with Gasteiger partial charge in [-0.25, -0.2) is 0 Å². The van der Waals surface area contributed by atoms with Crippen molar-refractivity contribution in [3.63, 3.8) is 0 Å². The topological polar surface area (TPSA) is 124 Å². The van der Waals surface area contributed by atoms with Gasteiger partial charge in [-0.1, -0.05) is 23.2 Å². The maximum atomic E-state index is 12.0. The average Bonchev–Trinajstić information content (AvgIpc) is 2.41. The number of rotatable bonds is 5. The second-order valence-electron chi connectivity index (χ2n) is 4.96. The van der Waals surface area contributed by atoms with Crippen LogP contribution < -0.4 is 21.7 Å². The van der Waals surface area contributed by atoms with Gasteiger partial charge in [0.25, 0.3) is 5.91 Å². The fourth-order valence-corrected chi connectivity index (χ4v) is 2.22. The standard InChI is InChI=1S/C13H15Cl2N7O/c1-22(5-10-19-12(16)21-13(17)20-10)6-11(23)18-7-2-3-8(14)9(15)4-7/h2-4H,5-6H2,1H3,(H,18,23)(H4,16,17,19,20,21)/p+1. The lowest BCUT2D eigenvalue weighted by Crippen LogP contribution is -3.08. The summed E-state index contributed by atoms with van der Waals surface area (Å²) in [5.74, 6) is 0.354. The van der Waals surface area contributed by atoms with Crippen molar-refractivity contribution in [1.29, 1.82) is 0 Å². The Kier molecular flexibility index (Phi) is 5.54. The molecule has 0 saturated heterocycles. The van der Waals surface area contributed by atoms with Gasteiger partial charge in [0, 0.05) is 5.69 Å². The molecule has 0 aliphatic carbocycles. The van der Waals surface area contributed by atoms with Crippen molar-refractivity contribution in [2.75, 3.05) is 30.4 Å². The Morgan fingerprint density at radius 3 is 2.43 bits per heavy atom. The molecule has 1 unspecified atom stereocenters. The van der Waals surface area contributed by atoms with Crippen molar-refractivity contribution in [2.45, 2.75) is 6.54 Å². The summed E-state index contributed by atoms with van der Waals surface area (Å²) >= 11 is 11.7. The van der Waals surface area contributed by atoms with Crippen LogP contribution in [-0.2, 0) is 11.3 Å². The van der Waals surface area contributed by atoms with E-state index in [1.807, 2.05) is 7.05 Å². The predicted octanol–water partition coefficient (Wildman–Crippen LogP) is -0.00380. The number of carbonyl (C=O) groups excluding carboxylic acids is 1. The van der Waals surface area contributed by atoms with Gasteiger partial charge in [-0.15, -0.1) is 0 Å². The van der Waals surface area contributed by atoms with Gasteiger partial charge in [0.2, 0.25) is 11.9 Å². The lowest BCUT2D eigenvalue weighted by Gasteiger charge is -2.13. The number of likely N-dealkylation sites (N-methyl/N-ethyl adjacent to an activating group) is 1. The second kappa shape index (κ2) is 7.40. The van der Waals surface area contributed by atoms with E-state index in [0.29, 0.717) is 28.1 Å². The Hall–Kier alpha value is -2.16. The molecule has 1 atom stereocenters. The van der Waals surface area contributed by atoms with E-state index in [0.717, 1.165) is 4.90 Å². The number of aromatic nitrogens is 3. The van der Waals surface area contributed by atoms with Gasteiger partial charge in [0.1, 0.15) is 6.54 Å². The average molecular weight is 357 g/mol. The van der Waals surface area contributed by atoms with Gasteiger partial charge in [-0.3, -0.25) is 4.79 Å². The molecular formula is C13H16Cl2N7O+. The molecule has 0 saturated carbocycles. The number of hydrogen-bond acceptors (Lipinski definition) is 6. The maximum absolute atomic E-state index is 12.0. The molecule has 0 fully saturated rings. The van der Waals surface area contributed by atoms with Crippen LogP contribution in [0.5, 0.6) is 0 Å². The molecule has 0 aliphatic heterocycles. The number of nitrogens with one attached hydrogen (secondary N) is 2. The highest BCUT2D eigenvalue weighted by Crippen LogP contribution is 2.24. The van der Waals surface area contributed by atoms with E-state index in [1.165, 1.54) is 0 Å². The van der Waals surface area contributed by atoms with Gasteiger partial charge in [-0.05, 0) is 18.2 Å². The third-order valence-electron chi connectivity index (χ3n) is 2.84. The third-order valence-corrected chi connectivity index (χ3v) is 3.58. The number of amides is 1. The summed E-state index contributed by atoms with van der Waals surface area (Å²) in [5, 5.41) is 3.55. The van der Waals surface area contributed by atoms with Crippen LogP contribution >= 0.6 is 23.2 Å². The minimum absolute atomic E-state index is 0.0561. The molecule has 2 aromatic rings. The molecule has 0 radical (unpaired) electrons. The van der Waals surface area contributed by atoms with Crippen LogP contribution in [0, 0.1) is 0 Å². The molecule has 6 N–H and O–H groups in total. The first-order valence-corrected chi connectivity index (χ1v) is 7.41. The number of nitrogens with zero attached hydrogens (tertiary/aromatic N) is 3. The van der Waals surface area contributed by atoms with Crippen LogP contribution in [0.1, 0.15) is 5.82 Å². The number of carbonyl (C=O) groups is 1. The molecule has 1 aromatic heterocycles. The minimum Gasteiger partial charge on any atom is -0.368 e. The molecule has 1 heterocycles. The van der Waals surface area contributed by atoms with Gasteiger partial charge >= 0.3 is 0 Å². The SMILES string of the molecule is C[NH+](CC(=O)Nc1ccc(Cl)c(Cl)c1)Cc1nc(N)nc(N)n1. The minimum atomic E-state index is -0.184. The Balaban J connectivity index is 1.92. The highest BCUT2D eigenvalue weighted by Gasteiger charge is 2.14. The molecular weight excluding hydrogens is 341 g/mol. The molecule has 2 rings (SSSR count). The molecule has 1 aromatic carbocycles. The number of nitrogen functional groups attached to an aromatic ring is 2. The van der Waals surface area contributed by atoms with Crippen molar-refractivity contribution >= 4 is 46.7 Å². The van der Waals surface area contributed by atoms with Crippen molar-refractivity contribution in [2.24, 2.45) is 0 Å². The van der Waals surface area contributed by atoms with Crippen molar-refractivity contribution in [1.82, 2.24) is 15.0 Å². The van der Waals surface area contributed by atoms with Crippen LogP contribution in [0.2, 0.25) is 10.0 Å². The van der Waals surface area contributed by atoms with Gasteiger partial charge < -0.3 is 21.7 Å². The molecule has 8 nitrogen and oxygen atoms in total. The molecule has 0 bridgehead atoms. The number of hydrogen-bond donors (Lipinski definition) is 4. The summed E-state index contributed by atoms with van der Waals surface area (Å²) in [7, 11) is 1.82. The van der Waals surface area contributed by atoms with E-state index in [9.17, 15) is 4.79 Å². The van der Waals surface area contributed by atoms with Crippen LogP contribution in [0.15, 0.2) is 18.2 Å². The third kappa shape index (κ3) is 5.20. The number of anilines is 3. The fourth-order valence-electron chi connectivity index (χ4n) is 1.92. The molecule has 23 heavy (non-hydrogen) atoms. The lowest BCUT2D eigenvalue weighted by molar-refractivity contribution is -0.885. The summed E-state index contributed by atoms with van der Waals surface area (Å²) in [5.41, 5.74) is 11.6. The zero-order valence-corrected chi connectivity index (χ0v) is 13.8. The number of halogens is 2. The summed E-state index contributed by atoms with van der Waals surface area (Å²) in [6.45, 7) is 0.581. The summed E-state index contributed by atoms with van der Waals surface area (Å²) in [4.78, 5) is 24.5. The van der Waals surface area contributed by atoms with Crippen LogP contribution in [0.4, 0.5) is 17.6 Å². The quantitative estimate of drug-likeness (QED) is 0.597. The van der Waals surface area contributed by atoms with E-state index in [1.54, 1.807) is 18.2 Å². The maximum Gasteiger partial charge on any atom is 0.279 e. The first kappa shape index (κ1) is 17.2. The van der Waals surface area contributed by atoms with Gasteiger partial charge in [-0.2, -0.15) is 15.0 Å². The van der Waals surface area contributed by atoms with Crippen LogP contribution in [0.25, 0.3) is 0 Å². The first-order valence-electron chi connectivity index (χ1n) is 6.65. The van der Waals surface area contributed by atoms with E-state index in [2.05, 4.69) is 20.3 Å². The normalized spacial score (nSPS) is 12.0. The highest BCUT2D eigenvalue weighted by atomic mass is 35.5. The summed E-state index contributed by atoms with van der Waals surface area (Å²) in [6, 6.07) is 4.88. The largest absolute Gasteiger partial charge is 0.368 e. The van der Waals surface area contributed by atoms with Crippen LogP contribution in [-0.4, -0.2) is 34.5 Å². The van der Waals surface area contributed by atoms with Crippen molar-refractivity contribution in [3.05, 3.63) is 34.1 Å². The highest BCUT2D eigenvalue weighted by molar-refractivity contribution is 6.42. The van der Waals surface area contributed by atoms with Gasteiger partial charge in [0.05, 0.1) is 17.1 Å². The van der Waals surface area contributed by atoms with Crippen molar-refractivity contribution < 1.29 is 9.69 Å². The predicted molar refractivity (Wildman–Crippen MR) is 89.2 cm³/mol. The van der Waals surface area contributed by atoms with Crippen LogP contribution in [0.3, 0.4) is 0 Å². The van der Waals surface area contributed by atoms with E-state index < -0.39 is 0 Å². The van der Waals surface area contributed by atoms with Crippen molar-refractivity contribution in [3.8, 4) is 0 Å². The number of nitrogens with two attached hydrogens (primary N) is 2.